The lowest BCUT2D eigenvalue weighted by atomic mass is 10.1. The van der Waals surface area contributed by atoms with E-state index in [2.05, 4.69) is 19.9 Å². The van der Waals surface area contributed by atoms with Crippen LogP contribution in [0, 0.1) is 0 Å². The third-order valence-corrected chi connectivity index (χ3v) is 7.69. The highest BCUT2D eigenvalue weighted by Gasteiger charge is 2.50. The SMILES string of the molecule is CC(C)N1C(=O)/C(=C/c2c[nH]c3cnccc23)N(N2C(=S)N(C(C)C)C(=O)/C2=C/c2c[nH]c3cnccc23)C1=S. The lowest BCUT2D eigenvalue weighted by Gasteiger charge is -2.32. The van der Waals surface area contributed by atoms with Crippen LogP contribution in [0.2, 0.25) is 0 Å². The number of H-pyrrole nitrogens is 2. The Balaban J connectivity index is 1.55. The second-order valence-corrected chi connectivity index (χ2v) is 10.8. The fourth-order valence-electron chi connectivity index (χ4n) is 5.08. The molecule has 2 aliphatic rings. The number of hydrogen-bond acceptors (Lipinski definition) is 6. The molecule has 12 heteroatoms. The molecular weight excluding hydrogens is 544 g/mol. The molecule has 0 atom stereocenters. The van der Waals surface area contributed by atoms with E-state index >= 15 is 0 Å². The summed E-state index contributed by atoms with van der Waals surface area (Å²) in [7, 11) is 0. The van der Waals surface area contributed by atoms with Crippen LogP contribution in [0.1, 0.15) is 38.8 Å². The number of hydrazine groups is 1. The first kappa shape index (κ1) is 25.8. The molecule has 4 aromatic rings. The first-order valence-corrected chi connectivity index (χ1v) is 13.6. The van der Waals surface area contributed by atoms with Gasteiger partial charge in [-0.1, -0.05) is 0 Å². The van der Waals surface area contributed by atoms with Crippen molar-refractivity contribution < 1.29 is 9.59 Å². The van der Waals surface area contributed by atoms with Crippen LogP contribution in [-0.4, -0.2) is 73.9 Å². The lowest BCUT2D eigenvalue weighted by molar-refractivity contribution is -0.125. The van der Waals surface area contributed by atoms with Gasteiger partial charge in [0.05, 0.1) is 23.4 Å². The van der Waals surface area contributed by atoms with Crippen molar-refractivity contribution in [2.75, 3.05) is 0 Å². The van der Waals surface area contributed by atoms with E-state index in [-0.39, 0.29) is 45.5 Å². The molecule has 40 heavy (non-hydrogen) atoms. The predicted molar refractivity (Wildman–Crippen MR) is 161 cm³/mol. The summed E-state index contributed by atoms with van der Waals surface area (Å²) in [4.78, 5) is 45.6. The molecule has 0 aliphatic carbocycles. The maximum atomic E-state index is 13.9. The van der Waals surface area contributed by atoms with E-state index in [1.807, 2.05) is 52.2 Å². The van der Waals surface area contributed by atoms with Gasteiger partial charge in [0.1, 0.15) is 11.4 Å². The molecule has 10 nitrogen and oxygen atoms in total. The van der Waals surface area contributed by atoms with Gasteiger partial charge in [-0.3, -0.25) is 29.4 Å². The fraction of sp³-hybridized carbons (Fsp3) is 0.214. The second kappa shape index (κ2) is 9.65. The highest BCUT2D eigenvalue weighted by molar-refractivity contribution is 7.80. The number of fused-ring (bicyclic) bond motifs is 2. The maximum Gasteiger partial charge on any atom is 0.279 e. The van der Waals surface area contributed by atoms with E-state index < -0.39 is 0 Å². The Bertz CT molecular complexity index is 1650. The molecule has 6 heterocycles. The van der Waals surface area contributed by atoms with Gasteiger partial charge in [0.15, 0.2) is 0 Å². The summed E-state index contributed by atoms with van der Waals surface area (Å²) in [5.41, 5.74) is 3.80. The number of hydrogen-bond donors (Lipinski definition) is 2. The largest absolute Gasteiger partial charge is 0.359 e. The Hall–Kier alpha value is -4.42. The van der Waals surface area contributed by atoms with Gasteiger partial charge in [-0.2, -0.15) is 0 Å². The highest BCUT2D eigenvalue weighted by Crippen LogP contribution is 2.36. The number of nitrogens with zero attached hydrogens (tertiary/aromatic N) is 6. The van der Waals surface area contributed by atoms with Crippen LogP contribution in [0.25, 0.3) is 34.0 Å². The second-order valence-electron chi connectivity index (χ2n) is 10.1. The molecule has 2 fully saturated rings. The van der Waals surface area contributed by atoms with Gasteiger partial charge in [0, 0.05) is 58.8 Å². The summed E-state index contributed by atoms with van der Waals surface area (Å²) >= 11 is 11.8. The molecule has 2 N–H and O–H groups in total. The first-order chi connectivity index (χ1) is 19.2. The molecule has 0 saturated carbocycles. The molecule has 0 radical (unpaired) electrons. The number of aromatic nitrogens is 4. The number of nitrogens with one attached hydrogen (secondary N) is 2. The highest BCUT2D eigenvalue weighted by atomic mass is 32.1. The number of aromatic amines is 2. The van der Waals surface area contributed by atoms with Crippen LogP contribution in [-0.2, 0) is 9.59 Å². The van der Waals surface area contributed by atoms with E-state index in [1.165, 1.54) is 9.80 Å². The molecule has 202 valence electrons. The summed E-state index contributed by atoms with van der Waals surface area (Å²) in [6.45, 7) is 7.58. The van der Waals surface area contributed by atoms with Crippen LogP contribution in [0.15, 0.2) is 60.7 Å². The third-order valence-electron chi connectivity index (χ3n) is 6.95. The van der Waals surface area contributed by atoms with Crippen molar-refractivity contribution in [2.24, 2.45) is 0 Å². The molecule has 0 spiro atoms. The molecular formula is C28H26N8O2S2. The number of amides is 2. The number of rotatable bonds is 5. The van der Waals surface area contributed by atoms with E-state index in [0.29, 0.717) is 0 Å². The Morgan fingerprint density at radius 2 is 1.12 bits per heavy atom. The van der Waals surface area contributed by atoms with Gasteiger partial charge < -0.3 is 9.97 Å². The standard InChI is InChI=1S/C28H26N8O2S2/c1-15(2)33-25(37)23(9-17-11-31-21-13-29-7-5-19(17)21)35(27(33)39)36-24(26(38)34(16(3)4)28(36)40)10-18-12-32-22-14-30-8-6-20(18)22/h5-16,31-32H,1-4H3/b23-9-,24-10-. The molecule has 0 aromatic carbocycles. The average molecular weight is 571 g/mol. The van der Waals surface area contributed by atoms with E-state index in [9.17, 15) is 9.59 Å². The van der Waals surface area contributed by atoms with E-state index in [1.54, 1.807) is 47.0 Å². The van der Waals surface area contributed by atoms with Crippen molar-refractivity contribution in [1.82, 2.24) is 39.8 Å². The lowest BCUT2D eigenvalue weighted by Crippen LogP contribution is -2.47. The van der Waals surface area contributed by atoms with Crippen LogP contribution in [0.4, 0.5) is 0 Å². The van der Waals surface area contributed by atoms with Crippen molar-refractivity contribution in [3.63, 3.8) is 0 Å². The number of carbonyl (C=O) groups excluding carboxylic acids is 2. The third kappa shape index (κ3) is 3.90. The zero-order chi connectivity index (χ0) is 28.3. The summed E-state index contributed by atoms with van der Waals surface area (Å²) in [6, 6.07) is 3.31. The molecule has 4 aromatic heterocycles. The maximum absolute atomic E-state index is 13.9. The number of carbonyl (C=O) groups is 2. The van der Waals surface area contributed by atoms with Crippen LogP contribution < -0.4 is 0 Å². The predicted octanol–water partition coefficient (Wildman–Crippen LogP) is 4.41. The Morgan fingerprint density at radius 1 is 0.725 bits per heavy atom. The number of thiocarbonyl (C=S) groups is 2. The smallest absolute Gasteiger partial charge is 0.279 e. The molecule has 0 unspecified atom stereocenters. The zero-order valence-electron chi connectivity index (χ0n) is 22.2. The molecule has 2 saturated heterocycles. The molecule has 2 amide bonds. The summed E-state index contributed by atoms with van der Waals surface area (Å²) in [6.07, 6.45) is 14.0. The zero-order valence-corrected chi connectivity index (χ0v) is 23.9. The monoisotopic (exact) mass is 570 g/mol. The fourth-order valence-corrected chi connectivity index (χ4v) is 6.02. The van der Waals surface area contributed by atoms with Crippen molar-refractivity contribution in [2.45, 2.75) is 39.8 Å². The van der Waals surface area contributed by atoms with Crippen molar-refractivity contribution in [3.8, 4) is 0 Å². The van der Waals surface area contributed by atoms with Gasteiger partial charge in [-0.15, -0.1) is 0 Å². The normalized spacial score (nSPS) is 18.6. The van der Waals surface area contributed by atoms with E-state index in [0.717, 1.165) is 32.9 Å². The minimum absolute atomic E-state index is 0.220. The van der Waals surface area contributed by atoms with Gasteiger partial charge in [-0.05, 0) is 76.4 Å². The first-order valence-electron chi connectivity index (χ1n) is 12.8. The summed E-state index contributed by atoms with van der Waals surface area (Å²) in [5, 5.41) is 5.45. The van der Waals surface area contributed by atoms with Crippen molar-refractivity contribution >= 4 is 80.4 Å². The topological polar surface area (TPSA) is 104 Å². The number of pyridine rings is 2. The van der Waals surface area contributed by atoms with Crippen molar-refractivity contribution in [1.29, 1.82) is 0 Å². The average Bonchev–Trinajstić information content (AvgIpc) is 3.64. The Labute approximate surface area is 240 Å². The minimum Gasteiger partial charge on any atom is -0.359 e. The van der Waals surface area contributed by atoms with Crippen LogP contribution in [0.5, 0.6) is 0 Å². The van der Waals surface area contributed by atoms with Gasteiger partial charge >= 0.3 is 0 Å². The van der Waals surface area contributed by atoms with Gasteiger partial charge in [0.25, 0.3) is 11.8 Å². The van der Waals surface area contributed by atoms with Crippen molar-refractivity contribution in [3.05, 3.63) is 71.8 Å². The Morgan fingerprint density at radius 3 is 1.50 bits per heavy atom. The summed E-state index contributed by atoms with van der Waals surface area (Å²) < 4.78 is 0. The minimum atomic E-state index is -0.279. The van der Waals surface area contributed by atoms with Crippen LogP contribution in [0.3, 0.4) is 0 Å². The Kier molecular flexibility index (Phi) is 6.23. The van der Waals surface area contributed by atoms with Gasteiger partial charge in [-0.25, -0.2) is 10.0 Å². The molecule has 0 bridgehead atoms. The van der Waals surface area contributed by atoms with Gasteiger partial charge in [0.2, 0.25) is 10.2 Å². The molecule has 6 rings (SSSR count). The van der Waals surface area contributed by atoms with Crippen LogP contribution >= 0.6 is 24.4 Å². The molecule has 2 aliphatic heterocycles. The quantitative estimate of drug-likeness (QED) is 0.269. The summed E-state index contributed by atoms with van der Waals surface area (Å²) in [5.74, 6) is -0.557. The van der Waals surface area contributed by atoms with E-state index in [4.69, 9.17) is 24.4 Å².